The molecule has 1 aromatic carbocycles. The number of rotatable bonds is 7. The molecule has 0 aromatic heterocycles. The van der Waals surface area contributed by atoms with Crippen molar-refractivity contribution in [2.75, 3.05) is 26.1 Å². The van der Waals surface area contributed by atoms with Crippen LogP contribution in [-0.2, 0) is 31.2 Å². The highest BCUT2D eigenvalue weighted by Gasteiger charge is 2.40. The van der Waals surface area contributed by atoms with E-state index < -0.39 is 42.2 Å². The summed E-state index contributed by atoms with van der Waals surface area (Å²) in [6, 6.07) is 4.65. The number of carbonyl (C=O) groups is 1. The third kappa shape index (κ3) is 6.13. The molecule has 14 heteroatoms. The smallest absolute Gasteiger partial charge is 0.410 e. The van der Waals surface area contributed by atoms with Crippen molar-refractivity contribution in [1.29, 1.82) is 0 Å². The summed E-state index contributed by atoms with van der Waals surface area (Å²) in [6.45, 7) is -0.304. The van der Waals surface area contributed by atoms with Crippen LogP contribution in [0.4, 0.5) is 10.5 Å². The normalized spacial score (nSPS) is 19.8. The van der Waals surface area contributed by atoms with Gasteiger partial charge in [0, 0.05) is 38.2 Å². The van der Waals surface area contributed by atoms with Crippen LogP contribution >= 0.6 is 0 Å². The third-order valence-electron chi connectivity index (χ3n) is 4.54. The number of hydrogen-bond acceptors (Lipinski definition) is 9. The molecule has 12 nitrogen and oxygen atoms in total. The van der Waals surface area contributed by atoms with Crippen LogP contribution < -0.4 is 0 Å². The molecule has 0 radical (unpaired) electrons. The maximum atomic E-state index is 12.5. The van der Waals surface area contributed by atoms with Gasteiger partial charge < -0.3 is 4.74 Å². The summed E-state index contributed by atoms with van der Waals surface area (Å²) in [5.74, 6) is 0. The second-order valence-electron chi connectivity index (χ2n) is 6.85. The van der Waals surface area contributed by atoms with Gasteiger partial charge in [-0.3, -0.25) is 15.0 Å². The van der Waals surface area contributed by atoms with E-state index in [1.54, 1.807) is 0 Å². The molecule has 2 atom stereocenters. The van der Waals surface area contributed by atoms with E-state index in [0.29, 0.717) is 9.98 Å². The van der Waals surface area contributed by atoms with E-state index in [4.69, 9.17) is 4.74 Å². The lowest BCUT2D eigenvalue weighted by atomic mass is 10.2. The minimum Gasteiger partial charge on any atom is -0.445 e. The SMILES string of the molecule is CN(N=C[C@@H]1C[C@@H](S(C)(=O)=O)CN1C(=O)OCc1ccc([N+](=O)[O-])cc1)S(C)(=O)=O. The fourth-order valence-electron chi connectivity index (χ4n) is 2.69. The zero-order valence-electron chi connectivity index (χ0n) is 16.5. The minimum atomic E-state index is -3.60. The molecule has 1 heterocycles. The molecule has 0 saturated carbocycles. The Balaban J connectivity index is 2.12. The van der Waals surface area contributed by atoms with Gasteiger partial charge in [0.15, 0.2) is 9.84 Å². The van der Waals surface area contributed by atoms with Gasteiger partial charge in [-0.1, -0.05) is 0 Å². The molecular weight excluding hydrogens is 440 g/mol. The first-order valence-electron chi connectivity index (χ1n) is 8.62. The minimum absolute atomic E-state index is 0.0482. The zero-order chi connectivity index (χ0) is 22.7. The van der Waals surface area contributed by atoms with Crippen molar-refractivity contribution in [3.05, 3.63) is 39.9 Å². The third-order valence-corrected chi connectivity index (χ3v) is 7.14. The van der Waals surface area contributed by atoms with Gasteiger partial charge in [-0.2, -0.15) is 9.52 Å². The average Bonchev–Trinajstić information content (AvgIpc) is 3.08. The topological polar surface area (TPSA) is 157 Å². The molecule has 0 spiro atoms. The van der Waals surface area contributed by atoms with Crippen LogP contribution in [0.1, 0.15) is 12.0 Å². The van der Waals surface area contributed by atoms with Gasteiger partial charge in [-0.25, -0.2) is 21.6 Å². The van der Waals surface area contributed by atoms with Crippen LogP contribution in [-0.4, -0.2) is 80.8 Å². The molecule has 0 unspecified atom stereocenters. The molecule has 1 aliphatic heterocycles. The molecule has 1 amide bonds. The first-order chi connectivity index (χ1) is 13.8. The lowest BCUT2D eigenvalue weighted by Crippen LogP contribution is -2.38. The largest absolute Gasteiger partial charge is 0.445 e. The molecule has 1 fully saturated rings. The van der Waals surface area contributed by atoms with Gasteiger partial charge in [0.1, 0.15) is 6.61 Å². The second-order valence-corrected chi connectivity index (χ2v) is 11.2. The van der Waals surface area contributed by atoms with Gasteiger partial charge in [-0.15, -0.1) is 0 Å². The van der Waals surface area contributed by atoms with Crippen LogP contribution in [0, 0.1) is 10.1 Å². The number of likely N-dealkylation sites (tertiary alicyclic amines) is 1. The summed E-state index contributed by atoms with van der Waals surface area (Å²) in [6.07, 6.45) is 2.44. The lowest BCUT2D eigenvalue weighted by Gasteiger charge is -2.21. The van der Waals surface area contributed by atoms with Gasteiger partial charge in [-0.05, 0) is 24.1 Å². The lowest BCUT2D eigenvalue weighted by molar-refractivity contribution is -0.384. The zero-order valence-corrected chi connectivity index (χ0v) is 18.2. The maximum absolute atomic E-state index is 12.5. The van der Waals surface area contributed by atoms with Crippen LogP contribution in [0.3, 0.4) is 0 Å². The number of benzene rings is 1. The van der Waals surface area contributed by atoms with Gasteiger partial charge in [0.25, 0.3) is 5.69 Å². The Morgan fingerprint density at radius 1 is 1.30 bits per heavy atom. The van der Waals surface area contributed by atoms with Crippen molar-refractivity contribution < 1.29 is 31.3 Å². The molecule has 1 aliphatic rings. The number of sulfone groups is 1. The Morgan fingerprint density at radius 2 is 1.90 bits per heavy atom. The Kier molecular flexibility index (Phi) is 7.02. The van der Waals surface area contributed by atoms with E-state index in [1.165, 1.54) is 37.5 Å². The number of amides is 1. The summed E-state index contributed by atoms with van der Waals surface area (Å²) in [5, 5.41) is 13.6. The molecule has 30 heavy (non-hydrogen) atoms. The van der Waals surface area contributed by atoms with Gasteiger partial charge >= 0.3 is 6.09 Å². The second kappa shape index (κ2) is 8.95. The summed E-state index contributed by atoms with van der Waals surface area (Å²) in [7, 11) is -5.84. The number of non-ortho nitro benzene ring substituents is 1. The van der Waals surface area contributed by atoms with Crippen LogP contribution in [0.25, 0.3) is 0 Å². The average molecular weight is 463 g/mol. The molecule has 0 bridgehead atoms. The maximum Gasteiger partial charge on any atom is 0.410 e. The highest BCUT2D eigenvalue weighted by Crippen LogP contribution is 2.23. The fourth-order valence-corrected chi connectivity index (χ4v) is 3.89. The van der Waals surface area contributed by atoms with Gasteiger partial charge in [0.05, 0.1) is 22.5 Å². The van der Waals surface area contributed by atoms with Crippen LogP contribution in [0.15, 0.2) is 29.4 Å². The molecular formula is C16H22N4O8S2. The Morgan fingerprint density at radius 3 is 2.40 bits per heavy atom. The number of hydrazone groups is 1. The quantitative estimate of drug-likeness (QED) is 0.324. The Hall–Kier alpha value is -2.74. The van der Waals surface area contributed by atoms with Crippen molar-refractivity contribution in [2.45, 2.75) is 24.3 Å². The number of nitro benzene ring substituents is 1. The Labute approximate surface area is 174 Å². The number of sulfonamides is 1. The highest BCUT2D eigenvalue weighted by molar-refractivity contribution is 7.91. The van der Waals surface area contributed by atoms with E-state index >= 15 is 0 Å². The van der Waals surface area contributed by atoms with E-state index in [-0.39, 0.29) is 25.3 Å². The molecule has 0 aliphatic carbocycles. The molecule has 0 N–H and O–H groups in total. The first-order valence-corrected chi connectivity index (χ1v) is 12.4. The first kappa shape index (κ1) is 23.5. The molecule has 1 aromatic rings. The van der Waals surface area contributed by atoms with E-state index in [0.717, 1.165) is 17.4 Å². The predicted octanol–water partition coefficient (Wildman–Crippen LogP) is 0.596. The van der Waals surface area contributed by atoms with Crippen molar-refractivity contribution >= 4 is 37.9 Å². The summed E-state index contributed by atoms with van der Waals surface area (Å²) in [4.78, 5) is 23.8. The number of nitrogens with zero attached hydrogens (tertiary/aromatic N) is 4. The molecule has 2 rings (SSSR count). The van der Waals surface area contributed by atoms with E-state index in [9.17, 15) is 31.7 Å². The monoisotopic (exact) mass is 462 g/mol. The number of ether oxygens (including phenoxy) is 1. The predicted molar refractivity (Wildman–Crippen MR) is 108 cm³/mol. The van der Waals surface area contributed by atoms with Crippen molar-refractivity contribution in [3.8, 4) is 0 Å². The number of carbonyl (C=O) groups excluding carboxylic acids is 1. The van der Waals surface area contributed by atoms with E-state index in [1.807, 2.05) is 0 Å². The van der Waals surface area contributed by atoms with Gasteiger partial charge in [0.2, 0.25) is 10.0 Å². The summed E-state index contributed by atoms with van der Waals surface area (Å²) < 4.78 is 52.7. The van der Waals surface area contributed by atoms with Crippen LogP contribution in [0.2, 0.25) is 0 Å². The molecule has 1 saturated heterocycles. The van der Waals surface area contributed by atoms with E-state index in [2.05, 4.69) is 5.10 Å². The Bertz CT molecular complexity index is 1040. The fraction of sp³-hybridized carbons (Fsp3) is 0.500. The highest BCUT2D eigenvalue weighted by atomic mass is 32.2. The van der Waals surface area contributed by atoms with Crippen molar-refractivity contribution in [3.63, 3.8) is 0 Å². The van der Waals surface area contributed by atoms with Crippen molar-refractivity contribution in [2.24, 2.45) is 5.10 Å². The molecule has 166 valence electrons. The number of hydrogen-bond donors (Lipinski definition) is 0. The standard InChI is InChI=1S/C16H22N4O8S2/c1-18(30(3,26)27)17-9-14-8-15(29(2,24)25)10-19(14)16(21)28-11-12-4-6-13(7-5-12)20(22)23/h4-7,9,14-15H,8,10-11H2,1-3H3/t14-,15+/m0/s1. The van der Waals surface area contributed by atoms with Crippen molar-refractivity contribution in [1.82, 2.24) is 9.31 Å². The van der Waals surface area contributed by atoms with Crippen LogP contribution in [0.5, 0.6) is 0 Å². The number of nitro groups is 1. The summed E-state index contributed by atoms with van der Waals surface area (Å²) in [5.41, 5.74) is 0.404. The summed E-state index contributed by atoms with van der Waals surface area (Å²) >= 11 is 0.